The number of aromatic nitrogens is 2. The minimum absolute atomic E-state index is 0.0551. The van der Waals surface area contributed by atoms with Crippen molar-refractivity contribution in [2.45, 2.75) is 90.9 Å². The molecule has 3 heterocycles. The second kappa shape index (κ2) is 19.7. The maximum Gasteiger partial charge on any atom is 0.137 e. The standard InChI is InChI=1S/C74H71N5/c1-71(2,3)55-39-40-75-70(47-55)79-66-38-35-52(51-25-15-11-16-26-51)41-65(66)64-37-36-60(49-69(64)79)78(59-31-21-14-22-32-59)63-44-56(72(4,5)6)43-62(48-63)77-50-76(67-33-23-24-34-68(67)77)61-45-57(73(7,8)53-27-17-12-18-28-53)42-58(46-61)74(9,10)54-29-19-13-20-30-54/h11-49H,50H2,1-10H3. The van der Waals surface area contributed by atoms with Crippen LogP contribution in [0.2, 0.25) is 0 Å². The molecule has 79 heavy (non-hydrogen) atoms. The maximum atomic E-state index is 5.11. The van der Waals surface area contributed by atoms with Crippen LogP contribution < -0.4 is 14.7 Å². The lowest BCUT2D eigenvalue weighted by atomic mass is 9.73. The van der Waals surface area contributed by atoms with Gasteiger partial charge in [0.25, 0.3) is 0 Å². The Labute approximate surface area is 468 Å². The molecule has 2 aromatic heterocycles. The number of rotatable bonds is 11. The SMILES string of the molecule is CC(C)(C)c1cc(N2CN(c3cc(C(C)(C)c4ccccc4)cc(C(C)(C)c4ccccc4)c3)c3ccccc32)cc(N(c2ccccc2)c2ccc3c4cc(-c5ccccc5)ccc4n(-c4cc(C(C)(C)C)ccn4)c3c2)c1. The Bertz CT molecular complexity index is 3940. The fourth-order valence-electron chi connectivity index (χ4n) is 11.7. The second-order valence-electron chi connectivity index (χ2n) is 24.7. The molecule has 5 nitrogen and oxygen atoms in total. The average molecular weight is 1030 g/mol. The van der Waals surface area contributed by atoms with Crippen LogP contribution in [-0.2, 0) is 21.7 Å². The minimum atomic E-state index is -0.260. The lowest BCUT2D eigenvalue weighted by Crippen LogP contribution is -2.27. The van der Waals surface area contributed by atoms with Crippen molar-refractivity contribution >= 4 is 61.6 Å². The number of hydrogen-bond acceptors (Lipinski definition) is 4. The molecule has 0 atom stereocenters. The predicted octanol–water partition coefficient (Wildman–Crippen LogP) is 19.8. The fourth-order valence-corrected chi connectivity index (χ4v) is 11.7. The van der Waals surface area contributed by atoms with E-state index in [1.165, 1.54) is 72.3 Å². The fraction of sp³-hybridized carbons (Fsp3) is 0.203. The average Bonchev–Trinajstić information content (AvgIpc) is 4.06. The van der Waals surface area contributed by atoms with Crippen LogP contribution in [0.1, 0.15) is 103 Å². The van der Waals surface area contributed by atoms with Gasteiger partial charge < -0.3 is 14.7 Å². The van der Waals surface area contributed by atoms with Crippen LogP contribution in [0.3, 0.4) is 0 Å². The van der Waals surface area contributed by atoms with Gasteiger partial charge in [-0.2, -0.15) is 0 Å². The van der Waals surface area contributed by atoms with Gasteiger partial charge >= 0.3 is 0 Å². The molecule has 392 valence electrons. The summed E-state index contributed by atoms with van der Waals surface area (Å²) >= 11 is 0. The van der Waals surface area contributed by atoms with E-state index in [-0.39, 0.29) is 21.7 Å². The van der Waals surface area contributed by atoms with Crippen LogP contribution in [0.25, 0.3) is 38.8 Å². The molecule has 0 saturated carbocycles. The van der Waals surface area contributed by atoms with Crippen molar-refractivity contribution in [3.63, 3.8) is 0 Å². The first-order valence-corrected chi connectivity index (χ1v) is 28.0. The van der Waals surface area contributed by atoms with Crippen molar-refractivity contribution in [3.8, 4) is 16.9 Å². The van der Waals surface area contributed by atoms with Gasteiger partial charge in [-0.25, -0.2) is 4.98 Å². The Kier molecular flexibility index (Phi) is 12.7. The molecular formula is C74H71N5. The van der Waals surface area contributed by atoms with E-state index < -0.39 is 0 Å². The Morgan fingerprint density at radius 1 is 0.354 bits per heavy atom. The second-order valence-corrected chi connectivity index (χ2v) is 24.7. The van der Waals surface area contributed by atoms with Crippen LogP contribution in [0.15, 0.2) is 237 Å². The molecule has 1 aliphatic rings. The van der Waals surface area contributed by atoms with E-state index in [2.05, 4.69) is 319 Å². The van der Waals surface area contributed by atoms with Gasteiger partial charge in [-0.1, -0.05) is 209 Å². The van der Waals surface area contributed by atoms with Crippen molar-refractivity contribution in [2.75, 3.05) is 21.4 Å². The summed E-state index contributed by atoms with van der Waals surface area (Å²) in [4.78, 5) is 12.6. The van der Waals surface area contributed by atoms with E-state index in [0.29, 0.717) is 6.67 Å². The zero-order valence-electron chi connectivity index (χ0n) is 47.5. The molecule has 0 fully saturated rings. The molecular weight excluding hydrogens is 959 g/mol. The van der Waals surface area contributed by atoms with Crippen LogP contribution >= 0.6 is 0 Å². The molecule has 0 unspecified atom stereocenters. The van der Waals surface area contributed by atoms with Gasteiger partial charge in [-0.15, -0.1) is 0 Å². The summed E-state index contributed by atoms with van der Waals surface area (Å²) in [7, 11) is 0. The Balaban J connectivity index is 1.03. The third kappa shape index (κ3) is 9.45. The van der Waals surface area contributed by atoms with Crippen LogP contribution in [0.4, 0.5) is 39.8 Å². The summed E-state index contributed by atoms with van der Waals surface area (Å²) in [5, 5.41) is 2.37. The molecule has 11 aromatic rings. The third-order valence-electron chi connectivity index (χ3n) is 16.7. The highest BCUT2D eigenvalue weighted by molar-refractivity contribution is 6.11. The first-order valence-electron chi connectivity index (χ1n) is 28.0. The number of anilines is 7. The molecule has 0 saturated heterocycles. The third-order valence-corrected chi connectivity index (χ3v) is 16.7. The largest absolute Gasteiger partial charge is 0.321 e. The zero-order chi connectivity index (χ0) is 54.8. The summed E-state index contributed by atoms with van der Waals surface area (Å²) in [6, 6.07) is 85.3. The van der Waals surface area contributed by atoms with Gasteiger partial charge in [-0.05, 0) is 146 Å². The molecule has 9 aromatic carbocycles. The predicted molar refractivity (Wildman–Crippen MR) is 335 cm³/mol. The lowest BCUT2D eigenvalue weighted by Gasteiger charge is -2.33. The van der Waals surface area contributed by atoms with Crippen LogP contribution in [-0.4, -0.2) is 16.2 Å². The zero-order valence-corrected chi connectivity index (χ0v) is 47.5. The van der Waals surface area contributed by atoms with Crippen molar-refractivity contribution in [1.82, 2.24) is 9.55 Å². The first-order chi connectivity index (χ1) is 37.9. The topological polar surface area (TPSA) is 27.5 Å². The number of para-hydroxylation sites is 3. The Hall–Kier alpha value is -8.67. The number of nitrogens with zero attached hydrogens (tertiary/aromatic N) is 5. The highest BCUT2D eigenvalue weighted by Gasteiger charge is 2.34. The molecule has 5 heteroatoms. The van der Waals surface area contributed by atoms with Gasteiger partial charge in [0.05, 0.1) is 22.4 Å². The lowest BCUT2D eigenvalue weighted by molar-refractivity contribution is 0.588. The number of pyridine rings is 1. The van der Waals surface area contributed by atoms with Gasteiger partial charge in [0.15, 0.2) is 0 Å². The molecule has 0 spiro atoms. The Morgan fingerprint density at radius 3 is 1.47 bits per heavy atom. The van der Waals surface area contributed by atoms with Crippen molar-refractivity contribution in [3.05, 3.63) is 270 Å². The monoisotopic (exact) mass is 1030 g/mol. The number of fused-ring (bicyclic) bond motifs is 4. The van der Waals surface area contributed by atoms with E-state index in [1.807, 2.05) is 6.20 Å². The van der Waals surface area contributed by atoms with E-state index in [0.717, 1.165) is 39.6 Å². The van der Waals surface area contributed by atoms with E-state index in [4.69, 9.17) is 4.98 Å². The van der Waals surface area contributed by atoms with E-state index in [1.54, 1.807) is 0 Å². The molecule has 0 aliphatic carbocycles. The van der Waals surface area contributed by atoms with E-state index in [9.17, 15) is 0 Å². The molecule has 0 amide bonds. The summed E-state index contributed by atoms with van der Waals surface area (Å²) in [5.74, 6) is 0.905. The quantitative estimate of drug-likeness (QED) is 0.129. The summed E-state index contributed by atoms with van der Waals surface area (Å²) < 4.78 is 2.37. The highest BCUT2D eigenvalue weighted by Crippen LogP contribution is 2.50. The molecule has 1 aliphatic heterocycles. The van der Waals surface area contributed by atoms with Gasteiger partial charge in [-0.3, -0.25) is 4.57 Å². The normalized spacial score (nSPS) is 13.1. The number of hydrogen-bond donors (Lipinski definition) is 0. The van der Waals surface area contributed by atoms with Gasteiger partial charge in [0.1, 0.15) is 12.5 Å². The van der Waals surface area contributed by atoms with Gasteiger partial charge in [0.2, 0.25) is 0 Å². The summed E-state index contributed by atoms with van der Waals surface area (Å²) in [6.45, 7) is 23.9. The first kappa shape index (κ1) is 51.1. The van der Waals surface area contributed by atoms with E-state index >= 15 is 0 Å². The van der Waals surface area contributed by atoms with Crippen molar-refractivity contribution in [2.24, 2.45) is 0 Å². The molecule has 12 rings (SSSR count). The van der Waals surface area contributed by atoms with Crippen LogP contribution in [0.5, 0.6) is 0 Å². The highest BCUT2D eigenvalue weighted by atomic mass is 15.4. The summed E-state index contributed by atoms with van der Waals surface area (Å²) in [6.07, 6.45) is 1.97. The number of benzene rings is 9. The van der Waals surface area contributed by atoms with Crippen LogP contribution in [0, 0.1) is 0 Å². The minimum Gasteiger partial charge on any atom is -0.321 e. The summed E-state index contributed by atoms with van der Waals surface area (Å²) in [5.41, 5.74) is 19.4. The van der Waals surface area contributed by atoms with Crippen molar-refractivity contribution in [1.29, 1.82) is 0 Å². The maximum absolute atomic E-state index is 5.11. The molecule has 0 radical (unpaired) electrons. The smallest absolute Gasteiger partial charge is 0.137 e. The van der Waals surface area contributed by atoms with Gasteiger partial charge in [0, 0.05) is 56.2 Å². The molecule has 0 N–H and O–H groups in total. The van der Waals surface area contributed by atoms with Crippen molar-refractivity contribution < 1.29 is 0 Å². The molecule has 0 bridgehead atoms. The Morgan fingerprint density at radius 2 is 0.886 bits per heavy atom.